The van der Waals surface area contributed by atoms with Crippen LogP contribution in [0.15, 0.2) is 47.5 Å². The van der Waals surface area contributed by atoms with Gasteiger partial charge in [0.1, 0.15) is 0 Å². The number of amides is 1. The molecule has 0 saturated heterocycles. The molecule has 1 aromatic carbocycles. The quantitative estimate of drug-likeness (QED) is 0.569. The number of aromatic amines is 1. The summed E-state index contributed by atoms with van der Waals surface area (Å²) in [6.45, 7) is 0. The van der Waals surface area contributed by atoms with Gasteiger partial charge in [0.15, 0.2) is 5.13 Å². The molecule has 0 unspecified atom stereocenters. The number of H-pyrrole nitrogens is 1. The van der Waals surface area contributed by atoms with Gasteiger partial charge < -0.3 is 4.98 Å². The second-order valence-electron chi connectivity index (χ2n) is 6.12. The molecule has 5 nitrogen and oxygen atoms in total. The van der Waals surface area contributed by atoms with Gasteiger partial charge in [-0.05, 0) is 29.8 Å². The van der Waals surface area contributed by atoms with Crippen molar-refractivity contribution in [2.24, 2.45) is 0 Å². The molecule has 12 heteroatoms. The van der Waals surface area contributed by atoms with Crippen LogP contribution in [0.25, 0.3) is 0 Å². The highest BCUT2D eigenvalue weighted by Gasteiger charge is 2.36. The van der Waals surface area contributed by atoms with Crippen LogP contribution >= 0.6 is 11.3 Å². The lowest BCUT2D eigenvalue weighted by molar-refractivity contribution is -0.143. The van der Waals surface area contributed by atoms with E-state index in [1.165, 1.54) is 18.5 Å². The summed E-state index contributed by atoms with van der Waals surface area (Å²) in [4.78, 5) is 29.7. The molecule has 0 aliphatic rings. The van der Waals surface area contributed by atoms with Gasteiger partial charge in [-0.25, -0.2) is 4.98 Å². The topological polar surface area (TPSA) is 74.8 Å². The zero-order valence-corrected chi connectivity index (χ0v) is 15.5. The van der Waals surface area contributed by atoms with Gasteiger partial charge in [0, 0.05) is 29.8 Å². The molecule has 0 aliphatic heterocycles. The zero-order valence-electron chi connectivity index (χ0n) is 14.7. The van der Waals surface area contributed by atoms with Crippen LogP contribution in [0.5, 0.6) is 0 Å². The lowest BCUT2D eigenvalue weighted by atomic mass is 10.0. The van der Waals surface area contributed by atoms with Crippen LogP contribution < -0.4 is 10.9 Å². The number of aromatic nitrogens is 2. The van der Waals surface area contributed by atoms with Crippen LogP contribution in [-0.2, 0) is 18.8 Å². The van der Waals surface area contributed by atoms with Gasteiger partial charge in [0.05, 0.1) is 16.7 Å². The summed E-state index contributed by atoms with van der Waals surface area (Å²) < 4.78 is 77.8. The average Bonchev–Trinajstić information content (AvgIpc) is 3.07. The predicted molar refractivity (Wildman–Crippen MR) is 96.4 cm³/mol. The Morgan fingerprint density at radius 3 is 2.20 bits per heavy atom. The number of carbonyl (C=O) groups is 1. The lowest BCUT2D eigenvalue weighted by Crippen LogP contribution is -2.14. The van der Waals surface area contributed by atoms with Crippen molar-refractivity contribution in [3.8, 4) is 0 Å². The summed E-state index contributed by atoms with van der Waals surface area (Å²) in [5.41, 5.74) is -3.26. The molecule has 2 heterocycles. The van der Waals surface area contributed by atoms with Crippen LogP contribution in [0, 0.1) is 0 Å². The van der Waals surface area contributed by atoms with E-state index in [1.54, 1.807) is 0 Å². The first kappa shape index (κ1) is 21.6. The van der Waals surface area contributed by atoms with Gasteiger partial charge in [-0.1, -0.05) is 0 Å². The first-order valence-corrected chi connectivity index (χ1v) is 8.96. The van der Waals surface area contributed by atoms with Crippen molar-refractivity contribution in [3.63, 3.8) is 0 Å². The Bertz CT molecular complexity index is 1080. The van der Waals surface area contributed by atoms with E-state index < -0.39 is 34.9 Å². The molecule has 0 spiro atoms. The third-order valence-electron chi connectivity index (χ3n) is 3.85. The highest BCUT2D eigenvalue weighted by atomic mass is 32.1. The highest BCUT2D eigenvalue weighted by molar-refractivity contribution is 7.15. The van der Waals surface area contributed by atoms with E-state index in [0.717, 1.165) is 17.4 Å². The second-order valence-corrected chi connectivity index (χ2v) is 7.23. The smallest absolute Gasteiger partial charge is 0.328 e. The van der Waals surface area contributed by atoms with Gasteiger partial charge in [0.25, 0.3) is 5.91 Å². The van der Waals surface area contributed by atoms with Crippen LogP contribution in [-0.4, -0.2) is 15.9 Å². The van der Waals surface area contributed by atoms with Gasteiger partial charge in [-0.2, -0.15) is 26.3 Å². The summed E-state index contributed by atoms with van der Waals surface area (Å²) in [7, 11) is 0. The summed E-state index contributed by atoms with van der Waals surface area (Å²) >= 11 is 0.903. The third kappa shape index (κ3) is 5.26. The number of thiazole rings is 1. The SMILES string of the molecule is O=C(Nc1ncc(Cc2cc(C(F)(F)F)cc(C(F)(F)F)c2)s1)c1ccc(=O)[nH]c1. The molecule has 0 saturated carbocycles. The number of carbonyl (C=O) groups excluding carboxylic acids is 1. The summed E-state index contributed by atoms with van der Waals surface area (Å²) in [6.07, 6.45) is -7.66. The molecule has 3 aromatic rings. The predicted octanol–water partition coefficient (Wildman–Crippen LogP) is 4.71. The Morgan fingerprint density at radius 1 is 1.03 bits per heavy atom. The van der Waals surface area contributed by atoms with E-state index in [2.05, 4.69) is 15.3 Å². The normalized spacial score (nSPS) is 12.1. The van der Waals surface area contributed by atoms with Crippen molar-refractivity contribution < 1.29 is 31.1 Å². The monoisotopic (exact) mass is 447 g/mol. The maximum atomic E-state index is 13.0. The molecule has 1 amide bonds. The minimum absolute atomic E-state index is 0.0615. The number of nitrogens with one attached hydrogen (secondary N) is 2. The number of rotatable bonds is 4. The fourth-order valence-electron chi connectivity index (χ4n) is 2.49. The average molecular weight is 447 g/mol. The molecular formula is C18H11F6N3O2S. The zero-order chi connectivity index (χ0) is 22.1. The van der Waals surface area contributed by atoms with E-state index >= 15 is 0 Å². The number of hydrogen-bond donors (Lipinski definition) is 2. The fraction of sp³-hybridized carbons (Fsp3) is 0.167. The van der Waals surface area contributed by atoms with Crippen molar-refractivity contribution >= 4 is 22.4 Å². The number of nitrogens with zero attached hydrogens (tertiary/aromatic N) is 1. The van der Waals surface area contributed by atoms with Crippen LogP contribution in [0.3, 0.4) is 0 Å². The maximum absolute atomic E-state index is 13.0. The van der Waals surface area contributed by atoms with Gasteiger partial charge in [-0.3, -0.25) is 14.9 Å². The molecule has 2 aromatic heterocycles. The number of halogens is 6. The fourth-order valence-corrected chi connectivity index (χ4v) is 3.33. The molecule has 3 rings (SSSR count). The van der Waals surface area contributed by atoms with Crippen molar-refractivity contribution in [1.82, 2.24) is 9.97 Å². The number of hydrogen-bond acceptors (Lipinski definition) is 4. The lowest BCUT2D eigenvalue weighted by Gasteiger charge is -2.13. The molecule has 0 radical (unpaired) electrons. The van der Waals surface area contributed by atoms with E-state index in [1.807, 2.05) is 0 Å². The molecule has 0 aliphatic carbocycles. The molecule has 0 atom stereocenters. The third-order valence-corrected chi connectivity index (χ3v) is 4.76. The summed E-state index contributed by atoms with van der Waals surface area (Å²) in [5, 5.41) is 2.54. The van der Waals surface area contributed by atoms with Crippen LogP contribution in [0.2, 0.25) is 0 Å². The van der Waals surface area contributed by atoms with Gasteiger partial charge >= 0.3 is 12.4 Å². The van der Waals surface area contributed by atoms with E-state index in [4.69, 9.17) is 0 Å². The summed E-state index contributed by atoms with van der Waals surface area (Å²) in [5.74, 6) is -0.592. The Kier molecular flexibility index (Phi) is 5.70. The van der Waals surface area contributed by atoms with Crippen molar-refractivity contribution in [1.29, 1.82) is 0 Å². The Labute approximate surface area is 168 Å². The molecule has 158 valence electrons. The Hall–Kier alpha value is -3.15. The number of pyridine rings is 1. The number of alkyl halides is 6. The molecule has 0 fully saturated rings. The molecule has 0 bridgehead atoms. The van der Waals surface area contributed by atoms with Crippen molar-refractivity contribution in [3.05, 3.63) is 80.2 Å². The standard InChI is InChI=1S/C18H11F6N3O2S/c19-17(20,21)11-3-9(4-12(6-11)18(22,23)24)5-13-8-26-16(30-13)27-15(29)10-1-2-14(28)25-7-10/h1-4,6-8H,5H2,(H,25,28)(H,26,27,29). The van der Waals surface area contributed by atoms with Crippen molar-refractivity contribution in [2.75, 3.05) is 5.32 Å². The summed E-state index contributed by atoms with van der Waals surface area (Å²) in [6, 6.07) is 3.78. The minimum atomic E-state index is -4.93. The van der Waals surface area contributed by atoms with E-state index in [9.17, 15) is 35.9 Å². The van der Waals surface area contributed by atoms with E-state index in [-0.39, 0.29) is 28.7 Å². The second kappa shape index (κ2) is 7.94. The Morgan fingerprint density at radius 2 is 1.67 bits per heavy atom. The molecule has 30 heavy (non-hydrogen) atoms. The van der Waals surface area contributed by atoms with E-state index in [0.29, 0.717) is 17.0 Å². The van der Waals surface area contributed by atoms with Crippen LogP contribution in [0.1, 0.15) is 31.9 Å². The molecular weight excluding hydrogens is 436 g/mol. The number of benzene rings is 1. The van der Waals surface area contributed by atoms with Gasteiger partial charge in [0.2, 0.25) is 5.56 Å². The van der Waals surface area contributed by atoms with Crippen molar-refractivity contribution in [2.45, 2.75) is 18.8 Å². The Balaban J connectivity index is 1.80. The largest absolute Gasteiger partial charge is 0.416 e. The highest BCUT2D eigenvalue weighted by Crippen LogP contribution is 2.37. The minimum Gasteiger partial charge on any atom is -0.328 e. The first-order chi connectivity index (χ1) is 13.9. The van der Waals surface area contributed by atoms with Crippen LogP contribution in [0.4, 0.5) is 31.5 Å². The number of anilines is 1. The molecule has 2 N–H and O–H groups in total. The van der Waals surface area contributed by atoms with Gasteiger partial charge in [-0.15, -0.1) is 11.3 Å². The maximum Gasteiger partial charge on any atom is 0.416 e. The first-order valence-electron chi connectivity index (χ1n) is 8.15.